The molecule has 1 aliphatic heterocycles. The van der Waals surface area contributed by atoms with Crippen LogP contribution in [0.2, 0.25) is 0 Å². The molecule has 2 heteroatoms. The van der Waals surface area contributed by atoms with Crippen LogP contribution in [0.3, 0.4) is 0 Å². The smallest absolute Gasteiger partial charge is 0.119 e. The van der Waals surface area contributed by atoms with Crippen LogP contribution in [0.5, 0.6) is 5.75 Å². The summed E-state index contributed by atoms with van der Waals surface area (Å²) in [7, 11) is 0. The zero-order chi connectivity index (χ0) is 15.7. The van der Waals surface area contributed by atoms with Crippen LogP contribution in [0.1, 0.15) is 44.9 Å². The molecule has 0 bridgehead atoms. The Kier molecular flexibility index (Phi) is 6.34. The van der Waals surface area contributed by atoms with E-state index in [1.54, 1.807) is 0 Å². The van der Waals surface area contributed by atoms with E-state index in [4.69, 9.17) is 4.74 Å². The molecule has 0 atom stereocenters. The SMILES string of the molecule is c1ccc2cc(OCCCCCN3CCCCCC3)ccc2c1. The highest BCUT2D eigenvalue weighted by atomic mass is 16.5. The molecule has 124 valence electrons. The number of hydrogen-bond acceptors (Lipinski definition) is 2. The molecule has 0 aliphatic carbocycles. The van der Waals surface area contributed by atoms with Crippen molar-refractivity contribution >= 4 is 10.8 Å². The van der Waals surface area contributed by atoms with E-state index in [0.29, 0.717) is 0 Å². The summed E-state index contributed by atoms with van der Waals surface area (Å²) < 4.78 is 5.91. The highest BCUT2D eigenvalue weighted by Crippen LogP contribution is 2.20. The number of likely N-dealkylation sites (tertiary alicyclic amines) is 1. The van der Waals surface area contributed by atoms with Gasteiger partial charge in [0.15, 0.2) is 0 Å². The molecule has 0 amide bonds. The van der Waals surface area contributed by atoms with Gasteiger partial charge in [-0.1, -0.05) is 43.2 Å². The van der Waals surface area contributed by atoms with Gasteiger partial charge in [-0.2, -0.15) is 0 Å². The Labute approximate surface area is 140 Å². The lowest BCUT2D eigenvalue weighted by Gasteiger charge is -2.19. The van der Waals surface area contributed by atoms with Crippen molar-refractivity contribution in [3.63, 3.8) is 0 Å². The van der Waals surface area contributed by atoms with Gasteiger partial charge in [0.1, 0.15) is 5.75 Å². The third kappa shape index (κ3) is 5.24. The van der Waals surface area contributed by atoms with Crippen LogP contribution >= 0.6 is 0 Å². The molecule has 2 aromatic carbocycles. The van der Waals surface area contributed by atoms with Crippen LogP contribution in [-0.2, 0) is 0 Å². The van der Waals surface area contributed by atoms with Crippen LogP contribution in [0.4, 0.5) is 0 Å². The Morgan fingerprint density at radius 1 is 0.783 bits per heavy atom. The lowest BCUT2D eigenvalue weighted by molar-refractivity contribution is 0.266. The Bertz CT molecular complexity index is 587. The summed E-state index contributed by atoms with van der Waals surface area (Å²) in [6, 6.07) is 14.8. The van der Waals surface area contributed by atoms with Crippen molar-refractivity contribution in [1.29, 1.82) is 0 Å². The van der Waals surface area contributed by atoms with Gasteiger partial charge in [0.25, 0.3) is 0 Å². The van der Waals surface area contributed by atoms with Crippen LogP contribution < -0.4 is 4.74 Å². The van der Waals surface area contributed by atoms with E-state index in [1.165, 1.54) is 68.9 Å². The van der Waals surface area contributed by atoms with Gasteiger partial charge in [-0.15, -0.1) is 0 Å². The van der Waals surface area contributed by atoms with E-state index in [9.17, 15) is 0 Å². The second-order valence-electron chi connectivity index (χ2n) is 6.67. The molecule has 0 unspecified atom stereocenters. The molecule has 0 N–H and O–H groups in total. The van der Waals surface area contributed by atoms with Crippen molar-refractivity contribution in [1.82, 2.24) is 4.90 Å². The maximum Gasteiger partial charge on any atom is 0.119 e. The van der Waals surface area contributed by atoms with Gasteiger partial charge in [-0.25, -0.2) is 0 Å². The molecular formula is C21H29NO. The average molecular weight is 311 g/mol. The number of fused-ring (bicyclic) bond motifs is 1. The Hall–Kier alpha value is -1.54. The fraction of sp³-hybridized carbons (Fsp3) is 0.524. The van der Waals surface area contributed by atoms with Crippen molar-refractivity contribution in [2.45, 2.75) is 44.9 Å². The predicted octanol–water partition coefficient (Wildman–Crippen LogP) is 5.26. The fourth-order valence-electron chi connectivity index (χ4n) is 3.42. The third-order valence-corrected chi connectivity index (χ3v) is 4.81. The monoisotopic (exact) mass is 311 g/mol. The maximum atomic E-state index is 5.91. The van der Waals surface area contributed by atoms with Crippen molar-refractivity contribution in [3.05, 3.63) is 42.5 Å². The normalized spacial score (nSPS) is 16.3. The molecule has 2 nitrogen and oxygen atoms in total. The van der Waals surface area contributed by atoms with Gasteiger partial charge in [0.2, 0.25) is 0 Å². The molecule has 1 saturated heterocycles. The van der Waals surface area contributed by atoms with Crippen molar-refractivity contribution in [3.8, 4) is 5.75 Å². The van der Waals surface area contributed by atoms with E-state index in [2.05, 4.69) is 47.4 Å². The number of unbranched alkanes of at least 4 members (excludes halogenated alkanes) is 2. The van der Waals surface area contributed by atoms with Crippen molar-refractivity contribution < 1.29 is 4.74 Å². The van der Waals surface area contributed by atoms with E-state index in [0.717, 1.165) is 18.8 Å². The molecule has 0 aromatic heterocycles. The van der Waals surface area contributed by atoms with E-state index >= 15 is 0 Å². The summed E-state index contributed by atoms with van der Waals surface area (Å²) in [5.41, 5.74) is 0. The summed E-state index contributed by atoms with van der Waals surface area (Å²) in [4.78, 5) is 2.65. The quantitative estimate of drug-likeness (QED) is 0.646. The van der Waals surface area contributed by atoms with E-state index in [-0.39, 0.29) is 0 Å². The standard InChI is InChI=1S/C21H29NO/c1-2-7-15-22(14-6-1)16-8-3-9-17-23-21-13-12-19-10-4-5-11-20(19)18-21/h4-5,10-13,18H,1-3,6-9,14-17H2. The van der Waals surface area contributed by atoms with E-state index in [1.807, 2.05) is 0 Å². The highest BCUT2D eigenvalue weighted by molar-refractivity contribution is 5.83. The molecule has 1 aliphatic rings. The van der Waals surface area contributed by atoms with Gasteiger partial charge in [-0.05, 0) is 74.6 Å². The van der Waals surface area contributed by atoms with Gasteiger partial charge in [-0.3, -0.25) is 0 Å². The van der Waals surface area contributed by atoms with Gasteiger partial charge < -0.3 is 9.64 Å². The summed E-state index contributed by atoms with van der Waals surface area (Å²) in [5.74, 6) is 0.996. The first-order valence-electron chi connectivity index (χ1n) is 9.26. The lowest BCUT2D eigenvalue weighted by atomic mass is 10.1. The topological polar surface area (TPSA) is 12.5 Å². The first-order chi connectivity index (χ1) is 11.4. The third-order valence-electron chi connectivity index (χ3n) is 4.81. The summed E-state index contributed by atoms with van der Waals surface area (Å²) >= 11 is 0. The van der Waals surface area contributed by atoms with E-state index < -0.39 is 0 Å². The molecular weight excluding hydrogens is 282 g/mol. The second-order valence-corrected chi connectivity index (χ2v) is 6.67. The number of benzene rings is 2. The number of rotatable bonds is 7. The van der Waals surface area contributed by atoms with Crippen LogP contribution in [0.25, 0.3) is 10.8 Å². The molecule has 3 rings (SSSR count). The molecule has 1 fully saturated rings. The lowest BCUT2D eigenvalue weighted by Crippen LogP contribution is -2.25. The summed E-state index contributed by atoms with van der Waals surface area (Å²) in [5, 5.41) is 2.53. The van der Waals surface area contributed by atoms with Gasteiger partial charge in [0, 0.05) is 0 Å². The predicted molar refractivity (Wildman–Crippen MR) is 98.2 cm³/mol. The first kappa shape index (κ1) is 16.3. The second kappa shape index (κ2) is 8.93. The molecule has 0 radical (unpaired) electrons. The highest BCUT2D eigenvalue weighted by Gasteiger charge is 2.07. The molecule has 1 heterocycles. The van der Waals surface area contributed by atoms with Gasteiger partial charge in [0.05, 0.1) is 6.61 Å². The van der Waals surface area contributed by atoms with Crippen LogP contribution in [0.15, 0.2) is 42.5 Å². The minimum atomic E-state index is 0.832. The summed E-state index contributed by atoms with van der Waals surface area (Å²) in [6.45, 7) is 4.73. The first-order valence-corrected chi connectivity index (χ1v) is 9.26. The fourth-order valence-corrected chi connectivity index (χ4v) is 3.42. The minimum absolute atomic E-state index is 0.832. The number of hydrogen-bond donors (Lipinski definition) is 0. The van der Waals surface area contributed by atoms with Crippen LogP contribution in [0, 0.1) is 0 Å². The minimum Gasteiger partial charge on any atom is -0.494 e. The van der Waals surface area contributed by atoms with Gasteiger partial charge >= 0.3 is 0 Å². The molecule has 2 aromatic rings. The number of nitrogens with zero attached hydrogens (tertiary/aromatic N) is 1. The molecule has 0 spiro atoms. The number of ether oxygens (including phenoxy) is 1. The van der Waals surface area contributed by atoms with Crippen molar-refractivity contribution in [2.75, 3.05) is 26.2 Å². The Morgan fingerprint density at radius 3 is 2.39 bits per heavy atom. The van der Waals surface area contributed by atoms with Crippen LogP contribution in [-0.4, -0.2) is 31.1 Å². The molecule has 23 heavy (non-hydrogen) atoms. The largest absolute Gasteiger partial charge is 0.494 e. The zero-order valence-electron chi connectivity index (χ0n) is 14.2. The zero-order valence-corrected chi connectivity index (χ0v) is 14.2. The molecule has 0 saturated carbocycles. The Balaban J connectivity index is 1.32. The summed E-state index contributed by atoms with van der Waals surface area (Å²) in [6.07, 6.45) is 9.37. The maximum absolute atomic E-state index is 5.91. The average Bonchev–Trinajstić information content (AvgIpc) is 2.86. The Morgan fingerprint density at radius 2 is 1.57 bits per heavy atom. The van der Waals surface area contributed by atoms with Crippen molar-refractivity contribution in [2.24, 2.45) is 0 Å².